The predicted molar refractivity (Wildman–Crippen MR) is 88.3 cm³/mol. The molecule has 20 heavy (non-hydrogen) atoms. The van der Waals surface area contributed by atoms with Crippen LogP contribution in [0.25, 0.3) is 16.5 Å². The highest BCUT2D eigenvalue weighted by molar-refractivity contribution is 6.30. The topological polar surface area (TPSA) is 17.8 Å². The Balaban J connectivity index is 2.54. The monoisotopic (exact) mass is 290 g/mol. The van der Waals surface area contributed by atoms with Crippen LogP contribution in [0.3, 0.4) is 0 Å². The number of halogens is 1. The van der Waals surface area contributed by atoms with E-state index in [1.807, 2.05) is 13.0 Å². The van der Waals surface area contributed by atoms with Crippen molar-refractivity contribution in [1.82, 2.24) is 9.55 Å². The molecule has 0 N–H and O–H groups in total. The van der Waals surface area contributed by atoms with E-state index in [0.29, 0.717) is 5.15 Å². The Morgan fingerprint density at radius 2 is 2.10 bits per heavy atom. The lowest BCUT2D eigenvalue weighted by Crippen LogP contribution is -1.98. The van der Waals surface area contributed by atoms with Crippen molar-refractivity contribution in [1.29, 1.82) is 0 Å². The van der Waals surface area contributed by atoms with Gasteiger partial charge in [-0.3, -0.25) is 0 Å². The molecule has 0 amide bonds. The lowest BCUT2D eigenvalue weighted by Gasteiger charge is -2.06. The molecule has 2 nitrogen and oxygen atoms in total. The Morgan fingerprint density at radius 1 is 1.35 bits per heavy atom. The van der Waals surface area contributed by atoms with Crippen LogP contribution in [-0.4, -0.2) is 9.55 Å². The van der Waals surface area contributed by atoms with E-state index in [0.717, 1.165) is 24.2 Å². The number of rotatable bonds is 6. The van der Waals surface area contributed by atoms with Crippen LogP contribution in [-0.2, 0) is 6.54 Å². The lowest BCUT2D eigenvalue weighted by atomic mass is 10.1. The highest BCUT2D eigenvalue weighted by Crippen LogP contribution is 2.31. The van der Waals surface area contributed by atoms with Gasteiger partial charge in [0.15, 0.2) is 0 Å². The largest absolute Gasteiger partial charge is 0.345 e. The van der Waals surface area contributed by atoms with Crippen molar-refractivity contribution >= 4 is 28.1 Å². The molecule has 2 aromatic rings. The summed E-state index contributed by atoms with van der Waals surface area (Å²) < 4.78 is 2.32. The first-order valence-electron chi connectivity index (χ1n) is 7.42. The summed E-state index contributed by atoms with van der Waals surface area (Å²) in [5.74, 6) is 0. The van der Waals surface area contributed by atoms with Crippen LogP contribution in [0.15, 0.2) is 18.8 Å². The number of allylic oxidation sites excluding steroid dienone is 1. The number of nitrogens with zero attached hydrogens (tertiary/aromatic N) is 2. The minimum absolute atomic E-state index is 0.562. The van der Waals surface area contributed by atoms with E-state index in [9.17, 15) is 0 Å². The van der Waals surface area contributed by atoms with Gasteiger partial charge in [-0.15, -0.1) is 0 Å². The summed E-state index contributed by atoms with van der Waals surface area (Å²) in [6, 6.07) is 1.97. The summed E-state index contributed by atoms with van der Waals surface area (Å²) in [6.07, 6.45) is 6.85. The van der Waals surface area contributed by atoms with Gasteiger partial charge in [-0.05, 0) is 31.4 Å². The second kappa shape index (κ2) is 6.45. The van der Waals surface area contributed by atoms with Crippen LogP contribution in [0, 0.1) is 6.92 Å². The van der Waals surface area contributed by atoms with Gasteiger partial charge in [0.1, 0.15) is 5.15 Å². The molecule has 0 aliphatic rings. The predicted octanol–water partition coefficient (Wildman–Crippen LogP) is 5.61. The summed E-state index contributed by atoms with van der Waals surface area (Å²) in [4.78, 5) is 4.40. The standard InChI is InChI=1S/C17H23ClN2/c1-5-7-8-9-20-11-15(12(3)6-2)14-10-16(18)19-13(4)17(14)20/h10-11H,3,5-9H2,1-2,4H3. The van der Waals surface area contributed by atoms with E-state index in [4.69, 9.17) is 11.6 Å². The third-order valence-electron chi connectivity index (χ3n) is 3.81. The number of fused-ring (bicyclic) bond motifs is 1. The van der Waals surface area contributed by atoms with Gasteiger partial charge in [0.2, 0.25) is 0 Å². The molecule has 0 aliphatic carbocycles. The first-order valence-corrected chi connectivity index (χ1v) is 7.80. The number of aryl methyl sites for hydroxylation is 2. The highest BCUT2D eigenvalue weighted by atomic mass is 35.5. The van der Waals surface area contributed by atoms with Crippen LogP contribution in [0.5, 0.6) is 0 Å². The van der Waals surface area contributed by atoms with Crippen LogP contribution < -0.4 is 0 Å². The zero-order valence-electron chi connectivity index (χ0n) is 12.7. The molecule has 0 aliphatic heterocycles. The molecule has 0 spiro atoms. The molecule has 0 bridgehead atoms. The molecular formula is C17H23ClN2. The average molecular weight is 291 g/mol. The fourth-order valence-electron chi connectivity index (χ4n) is 2.67. The zero-order valence-corrected chi connectivity index (χ0v) is 13.4. The van der Waals surface area contributed by atoms with E-state index in [1.165, 1.54) is 35.7 Å². The molecule has 0 atom stereocenters. The maximum atomic E-state index is 6.13. The molecule has 3 heteroatoms. The second-order valence-corrected chi connectivity index (χ2v) is 5.71. The summed E-state index contributed by atoms with van der Waals surface area (Å²) in [5.41, 5.74) is 4.58. The fraction of sp³-hybridized carbons (Fsp3) is 0.471. The smallest absolute Gasteiger partial charge is 0.130 e. The van der Waals surface area contributed by atoms with Crippen LogP contribution >= 0.6 is 11.6 Å². The van der Waals surface area contributed by atoms with E-state index in [2.05, 4.69) is 36.2 Å². The summed E-state index contributed by atoms with van der Waals surface area (Å²) >= 11 is 6.13. The first-order chi connectivity index (χ1) is 9.58. The van der Waals surface area contributed by atoms with Crippen molar-refractivity contribution in [3.8, 4) is 0 Å². The maximum Gasteiger partial charge on any atom is 0.130 e. The lowest BCUT2D eigenvalue weighted by molar-refractivity contribution is 0.615. The van der Waals surface area contributed by atoms with Gasteiger partial charge in [0, 0.05) is 23.7 Å². The van der Waals surface area contributed by atoms with Gasteiger partial charge in [-0.1, -0.05) is 44.9 Å². The number of aromatic nitrogens is 2. The van der Waals surface area contributed by atoms with E-state index in [-0.39, 0.29) is 0 Å². The minimum Gasteiger partial charge on any atom is -0.345 e. The van der Waals surface area contributed by atoms with Crippen molar-refractivity contribution in [2.45, 2.75) is 53.0 Å². The number of unbranched alkanes of at least 4 members (excludes halogenated alkanes) is 2. The molecule has 0 saturated carbocycles. The minimum atomic E-state index is 0.562. The van der Waals surface area contributed by atoms with Gasteiger partial charge < -0.3 is 4.57 Å². The first kappa shape index (κ1) is 15.1. The third kappa shape index (κ3) is 2.90. The Hall–Kier alpha value is -1.28. The molecule has 0 fully saturated rings. The SMILES string of the molecule is C=C(CC)c1cn(CCCCC)c2c(C)nc(Cl)cc12. The summed E-state index contributed by atoms with van der Waals surface area (Å²) in [6.45, 7) is 11.6. The molecule has 2 aromatic heterocycles. The van der Waals surface area contributed by atoms with E-state index < -0.39 is 0 Å². The van der Waals surface area contributed by atoms with Crippen molar-refractivity contribution in [2.24, 2.45) is 0 Å². The molecule has 0 unspecified atom stereocenters. The van der Waals surface area contributed by atoms with Crippen LogP contribution in [0.4, 0.5) is 0 Å². The molecule has 0 aromatic carbocycles. The van der Waals surface area contributed by atoms with Gasteiger partial charge in [-0.25, -0.2) is 4.98 Å². The van der Waals surface area contributed by atoms with Gasteiger partial charge >= 0.3 is 0 Å². The normalized spacial score (nSPS) is 11.2. The molecule has 0 saturated heterocycles. The third-order valence-corrected chi connectivity index (χ3v) is 4.00. The Morgan fingerprint density at radius 3 is 2.75 bits per heavy atom. The van der Waals surface area contributed by atoms with Gasteiger partial charge in [-0.2, -0.15) is 0 Å². The van der Waals surface area contributed by atoms with E-state index in [1.54, 1.807) is 0 Å². The fourth-order valence-corrected chi connectivity index (χ4v) is 2.90. The maximum absolute atomic E-state index is 6.13. The number of hydrogen-bond donors (Lipinski definition) is 0. The second-order valence-electron chi connectivity index (χ2n) is 5.33. The molecule has 0 radical (unpaired) electrons. The van der Waals surface area contributed by atoms with Crippen LogP contribution in [0.1, 0.15) is 50.8 Å². The van der Waals surface area contributed by atoms with E-state index >= 15 is 0 Å². The van der Waals surface area contributed by atoms with Crippen molar-refractivity contribution in [2.75, 3.05) is 0 Å². The molecule has 2 heterocycles. The highest BCUT2D eigenvalue weighted by Gasteiger charge is 2.14. The molecule has 2 rings (SSSR count). The van der Waals surface area contributed by atoms with Crippen molar-refractivity contribution < 1.29 is 0 Å². The quantitative estimate of drug-likeness (QED) is 0.499. The van der Waals surface area contributed by atoms with Gasteiger partial charge in [0.25, 0.3) is 0 Å². The Bertz CT molecular complexity index is 625. The number of pyridine rings is 1. The number of hydrogen-bond acceptors (Lipinski definition) is 1. The Kier molecular flexibility index (Phi) is 4.87. The summed E-state index contributed by atoms with van der Waals surface area (Å²) in [5, 5.41) is 1.75. The average Bonchev–Trinajstić information content (AvgIpc) is 2.77. The summed E-state index contributed by atoms with van der Waals surface area (Å²) in [7, 11) is 0. The zero-order chi connectivity index (χ0) is 14.7. The van der Waals surface area contributed by atoms with Crippen molar-refractivity contribution in [3.63, 3.8) is 0 Å². The molecule has 108 valence electrons. The van der Waals surface area contributed by atoms with Crippen molar-refractivity contribution in [3.05, 3.63) is 35.3 Å². The molecular weight excluding hydrogens is 268 g/mol. The Labute approximate surface area is 126 Å². The van der Waals surface area contributed by atoms with Gasteiger partial charge in [0.05, 0.1) is 11.2 Å². The van der Waals surface area contributed by atoms with Crippen LogP contribution in [0.2, 0.25) is 5.15 Å².